The third-order valence-electron chi connectivity index (χ3n) is 2.05. The zero-order valence-electron chi connectivity index (χ0n) is 7.74. The molecule has 0 amide bonds. The molecule has 2 aromatic rings. The lowest BCUT2D eigenvalue weighted by Crippen LogP contribution is -2.32. The van der Waals surface area contributed by atoms with Crippen LogP contribution in [0.25, 0.3) is 10.2 Å². The fraction of sp³-hybridized carbons (Fsp3) is 0.375. The van der Waals surface area contributed by atoms with E-state index in [2.05, 4.69) is 4.98 Å². The van der Waals surface area contributed by atoms with Crippen LogP contribution in [0.2, 0.25) is 0 Å². The Morgan fingerprint density at radius 3 is 3.00 bits per heavy atom. The van der Waals surface area contributed by atoms with Gasteiger partial charge >= 0.3 is 5.56 Å². The van der Waals surface area contributed by atoms with E-state index < -0.39 is 0 Å². The van der Waals surface area contributed by atoms with Crippen LogP contribution in [0, 0.1) is 6.92 Å². The molecule has 0 aliphatic carbocycles. The summed E-state index contributed by atoms with van der Waals surface area (Å²) in [5.41, 5.74) is 0.562. The molecule has 0 bridgehead atoms. The number of hydrogen-bond donors (Lipinski definition) is 0. The molecule has 0 spiro atoms. The fourth-order valence-corrected chi connectivity index (χ4v) is 2.07. The highest BCUT2D eigenvalue weighted by molar-refractivity contribution is 7.13. The van der Waals surface area contributed by atoms with Crippen LogP contribution in [0.3, 0.4) is 0 Å². The Morgan fingerprint density at radius 1 is 1.62 bits per heavy atom. The molecule has 4 nitrogen and oxygen atoms in total. The Kier molecular flexibility index (Phi) is 1.69. The zero-order valence-corrected chi connectivity index (χ0v) is 8.55. The monoisotopic (exact) mass is 196 g/mol. The van der Waals surface area contributed by atoms with Gasteiger partial charge in [-0.2, -0.15) is 0 Å². The van der Waals surface area contributed by atoms with Crippen LogP contribution in [0.1, 0.15) is 5.82 Å². The second kappa shape index (κ2) is 2.63. The summed E-state index contributed by atoms with van der Waals surface area (Å²) in [5.74, 6) is 0.850. The number of hydrogen-bond acceptors (Lipinski definition) is 3. The minimum Gasteiger partial charge on any atom is -0.263 e. The molecule has 0 aliphatic heterocycles. The van der Waals surface area contributed by atoms with E-state index in [1.807, 2.05) is 24.7 Å². The molecule has 0 saturated carbocycles. The number of fused-ring (bicyclic) bond motifs is 1. The first kappa shape index (κ1) is 8.37. The van der Waals surface area contributed by atoms with Gasteiger partial charge in [0.15, 0.2) is 0 Å². The van der Waals surface area contributed by atoms with Crippen molar-refractivity contribution >= 4 is 21.7 Å². The van der Waals surface area contributed by atoms with Gasteiger partial charge in [0.1, 0.15) is 10.9 Å². The van der Waals surface area contributed by atoms with E-state index in [1.165, 1.54) is 11.5 Å². The predicted octanol–water partition coefficient (Wildman–Crippen LogP) is 0.128. The maximum Gasteiger partial charge on any atom is 0.312 e. The number of nitrogens with zero attached hydrogens (tertiary/aromatic N) is 3. The van der Waals surface area contributed by atoms with Gasteiger partial charge in [-0.05, 0) is 16.5 Å². The maximum atomic E-state index is 11.5. The van der Waals surface area contributed by atoms with Crippen molar-refractivity contribution < 1.29 is 4.57 Å². The quantitative estimate of drug-likeness (QED) is 0.562. The second-order valence-corrected chi connectivity index (χ2v) is 4.18. The molecule has 0 radical (unpaired) electrons. The first-order chi connectivity index (χ1) is 6.09. The number of aryl methyl sites for hydroxylation is 3. The van der Waals surface area contributed by atoms with E-state index in [4.69, 9.17) is 0 Å². The largest absolute Gasteiger partial charge is 0.312 e. The summed E-state index contributed by atoms with van der Waals surface area (Å²) in [7, 11) is 3.68. The summed E-state index contributed by atoms with van der Waals surface area (Å²) in [4.78, 5) is 15.7. The molecule has 0 aromatic carbocycles. The molecule has 2 heterocycles. The molecule has 0 atom stereocenters. The molecule has 0 aliphatic rings. The topological polar surface area (TPSA) is 38.8 Å². The Balaban J connectivity index is 2.97. The van der Waals surface area contributed by atoms with Crippen molar-refractivity contribution in [3.8, 4) is 0 Å². The SMILES string of the molecule is Cc1nc2c(=O)n(C)sc2c[n+]1C. The van der Waals surface area contributed by atoms with Gasteiger partial charge in [0.2, 0.25) is 0 Å². The molecule has 0 N–H and O–H groups in total. The molecule has 0 saturated heterocycles. The summed E-state index contributed by atoms with van der Waals surface area (Å²) in [6, 6.07) is 0. The van der Waals surface area contributed by atoms with Crippen molar-refractivity contribution in [3.63, 3.8) is 0 Å². The normalized spacial score (nSPS) is 11.0. The molecule has 68 valence electrons. The van der Waals surface area contributed by atoms with Gasteiger partial charge in [-0.25, -0.2) is 4.57 Å². The van der Waals surface area contributed by atoms with Crippen LogP contribution in [-0.2, 0) is 14.1 Å². The van der Waals surface area contributed by atoms with Gasteiger partial charge in [0.05, 0.1) is 7.05 Å². The van der Waals surface area contributed by atoms with Crippen LogP contribution in [0.4, 0.5) is 0 Å². The Hall–Kier alpha value is -1.23. The first-order valence-electron chi connectivity index (χ1n) is 3.93. The van der Waals surface area contributed by atoms with E-state index in [9.17, 15) is 4.79 Å². The van der Waals surface area contributed by atoms with E-state index in [0.29, 0.717) is 5.52 Å². The van der Waals surface area contributed by atoms with Crippen LogP contribution in [0.15, 0.2) is 11.0 Å². The standard InChI is InChI=1S/C8H10N3OS/c1-5-9-7-6(4-10(5)2)13-11(3)8(7)12/h4H,1-3H3/q+1. The van der Waals surface area contributed by atoms with Gasteiger partial charge in [0, 0.05) is 14.0 Å². The molecule has 0 fully saturated rings. The molecular weight excluding hydrogens is 186 g/mol. The zero-order chi connectivity index (χ0) is 9.59. The fourth-order valence-electron chi connectivity index (χ4n) is 1.18. The summed E-state index contributed by atoms with van der Waals surface area (Å²) in [6.07, 6.45) is 1.93. The smallest absolute Gasteiger partial charge is 0.263 e. The summed E-state index contributed by atoms with van der Waals surface area (Å²) in [5, 5.41) is 0. The summed E-state index contributed by atoms with van der Waals surface area (Å²) < 4.78 is 4.44. The molecule has 0 unspecified atom stereocenters. The Morgan fingerprint density at radius 2 is 2.31 bits per heavy atom. The minimum absolute atomic E-state index is 0.0105. The van der Waals surface area contributed by atoms with Crippen molar-refractivity contribution in [1.29, 1.82) is 0 Å². The van der Waals surface area contributed by atoms with Crippen molar-refractivity contribution in [1.82, 2.24) is 8.94 Å². The highest BCUT2D eigenvalue weighted by atomic mass is 32.1. The predicted molar refractivity (Wildman–Crippen MR) is 50.8 cm³/mol. The second-order valence-electron chi connectivity index (χ2n) is 3.01. The van der Waals surface area contributed by atoms with E-state index in [-0.39, 0.29) is 5.56 Å². The van der Waals surface area contributed by atoms with Gasteiger partial charge < -0.3 is 0 Å². The minimum atomic E-state index is -0.0105. The van der Waals surface area contributed by atoms with Crippen LogP contribution in [0.5, 0.6) is 0 Å². The Labute approximate surface area is 79.2 Å². The lowest BCUT2D eigenvalue weighted by molar-refractivity contribution is -0.679. The van der Waals surface area contributed by atoms with Gasteiger partial charge in [0.25, 0.3) is 11.3 Å². The average Bonchev–Trinajstić information content (AvgIpc) is 2.32. The maximum absolute atomic E-state index is 11.5. The van der Waals surface area contributed by atoms with Crippen LogP contribution >= 0.6 is 11.5 Å². The lowest BCUT2D eigenvalue weighted by atomic mass is 10.5. The van der Waals surface area contributed by atoms with Crippen molar-refractivity contribution in [3.05, 3.63) is 22.4 Å². The van der Waals surface area contributed by atoms with Crippen molar-refractivity contribution in [2.45, 2.75) is 6.92 Å². The van der Waals surface area contributed by atoms with Crippen molar-refractivity contribution in [2.75, 3.05) is 0 Å². The number of aromatic nitrogens is 3. The van der Waals surface area contributed by atoms with E-state index in [1.54, 1.807) is 11.0 Å². The third-order valence-corrected chi connectivity index (χ3v) is 2.99. The summed E-state index contributed by atoms with van der Waals surface area (Å²) >= 11 is 1.42. The van der Waals surface area contributed by atoms with Gasteiger partial charge in [-0.1, -0.05) is 0 Å². The molecule has 5 heteroatoms. The van der Waals surface area contributed by atoms with E-state index in [0.717, 1.165) is 10.5 Å². The van der Waals surface area contributed by atoms with Crippen LogP contribution in [-0.4, -0.2) is 8.94 Å². The van der Waals surface area contributed by atoms with Crippen molar-refractivity contribution in [2.24, 2.45) is 14.1 Å². The molecule has 13 heavy (non-hydrogen) atoms. The van der Waals surface area contributed by atoms with E-state index >= 15 is 0 Å². The Bertz CT molecular complexity index is 526. The highest BCUT2D eigenvalue weighted by Crippen LogP contribution is 2.10. The molecule has 2 aromatic heterocycles. The lowest BCUT2D eigenvalue weighted by Gasteiger charge is -1.89. The third kappa shape index (κ3) is 1.16. The molecular formula is C8H10N3OS+. The highest BCUT2D eigenvalue weighted by Gasteiger charge is 2.14. The van der Waals surface area contributed by atoms with Gasteiger partial charge in [-0.3, -0.25) is 8.75 Å². The molecule has 2 rings (SSSR count). The average molecular weight is 196 g/mol. The summed E-state index contributed by atoms with van der Waals surface area (Å²) in [6.45, 7) is 1.89. The van der Waals surface area contributed by atoms with Gasteiger partial charge in [-0.15, -0.1) is 0 Å². The first-order valence-corrected chi connectivity index (χ1v) is 4.70. The number of rotatable bonds is 0. The van der Waals surface area contributed by atoms with Crippen LogP contribution < -0.4 is 10.1 Å².